The smallest absolute Gasteiger partial charge is 0.185 e. The Kier molecular flexibility index (Phi) is 7.25. The van der Waals surface area contributed by atoms with E-state index in [2.05, 4.69) is 0 Å². The van der Waals surface area contributed by atoms with Crippen molar-refractivity contribution in [2.45, 2.75) is 13.3 Å². The van der Waals surface area contributed by atoms with Crippen molar-refractivity contribution >= 4 is 17.5 Å². The van der Waals surface area contributed by atoms with Gasteiger partial charge in [0.1, 0.15) is 5.82 Å². The minimum atomic E-state index is -0.398. The van der Waals surface area contributed by atoms with E-state index in [-0.39, 0.29) is 5.78 Å². The summed E-state index contributed by atoms with van der Waals surface area (Å²) in [5.74, 6) is 0.612. The second-order valence-corrected chi connectivity index (χ2v) is 6.72. The van der Waals surface area contributed by atoms with Gasteiger partial charge in [0.25, 0.3) is 0 Å². The summed E-state index contributed by atoms with van der Waals surface area (Å²) in [5, 5.41) is 0. The Morgan fingerprint density at radius 2 is 1.97 bits per heavy atom. The van der Waals surface area contributed by atoms with Crippen LogP contribution >= 0.6 is 0 Å². The monoisotopic (exact) mass is 399 g/mol. The van der Waals surface area contributed by atoms with Crippen LogP contribution in [0, 0.1) is 5.82 Å². The standard InChI is InChI=1S/C23H26FNO4/c1-3-12-29-22-9-5-17(15-23(22)27-2)4-8-21(26)18-6-7-20(19(24)16-18)25-10-13-28-14-11-25/h4-9,15-16H,3,10-14H2,1-2H3/b8-4+. The number of ether oxygens (including phenoxy) is 3. The predicted molar refractivity (Wildman–Crippen MR) is 112 cm³/mol. The molecular formula is C23H26FNO4. The molecule has 0 radical (unpaired) electrons. The Hall–Kier alpha value is -2.86. The van der Waals surface area contributed by atoms with Gasteiger partial charge in [-0.15, -0.1) is 0 Å². The Balaban J connectivity index is 1.71. The summed E-state index contributed by atoms with van der Waals surface area (Å²) in [7, 11) is 1.57. The van der Waals surface area contributed by atoms with Gasteiger partial charge in [0, 0.05) is 18.7 Å². The maximum Gasteiger partial charge on any atom is 0.185 e. The van der Waals surface area contributed by atoms with Gasteiger partial charge in [-0.1, -0.05) is 19.1 Å². The van der Waals surface area contributed by atoms with Crippen LogP contribution in [0.5, 0.6) is 11.5 Å². The molecule has 0 N–H and O–H groups in total. The molecule has 0 bridgehead atoms. The molecule has 154 valence electrons. The Bertz CT molecular complexity index is 875. The van der Waals surface area contributed by atoms with E-state index < -0.39 is 5.82 Å². The average Bonchev–Trinajstić information content (AvgIpc) is 2.76. The molecule has 5 nitrogen and oxygen atoms in total. The molecule has 2 aromatic rings. The number of carbonyl (C=O) groups excluding carboxylic acids is 1. The largest absolute Gasteiger partial charge is 0.493 e. The summed E-state index contributed by atoms with van der Waals surface area (Å²) < 4.78 is 30.8. The minimum absolute atomic E-state index is 0.261. The Morgan fingerprint density at radius 3 is 2.66 bits per heavy atom. The number of hydrogen-bond donors (Lipinski definition) is 0. The zero-order chi connectivity index (χ0) is 20.6. The predicted octanol–water partition coefficient (Wildman–Crippen LogP) is 4.36. The van der Waals surface area contributed by atoms with E-state index in [0.29, 0.717) is 55.7 Å². The molecule has 6 heteroatoms. The van der Waals surface area contributed by atoms with Gasteiger partial charge in [0.05, 0.1) is 32.6 Å². The summed E-state index contributed by atoms with van der Waals surface area (Å²) in [4.78, 5) is 14.4. The van der Waals surface area contributed by atoms with Gasteiger partial charge in [-0.2, -0.15) is 0 Å². The van der Waals surface area contributed by atoms with Gasteiger partial charge in [-0.05, 0) is 48.4 Å². The van der Waals surface area contributed by atoms with Gasteiger partial charge >= 0.3 is 0 Å². The Morgan fingerprint density at radius 1 is 1.17 bits per heavy atom. The summed E-state index contributed by atoms with van der Waals surface area (Å²) in [6.07, 6.45) is 4.02. The first kappa shape index (κ1) is 20.9. The van der Waals surface area contributed by atoms with E-state index in [1.807, 2.05) is 24.0 Å². The van der Waals surface area contributed by atoms with E-state index in [4.69, 9.17) is 14.2 Å². The lowest BCUT2D eigenvalue weighted by molar-refractivity contribution is 0.104. The number of halogens is 1. The number of benzene rings is 2. The number of carbonyl (C=O) groups is 1. The topological polar surface area (TPSA) is 48.0 Å². The van der Waals surface area contributed by atoms with Crippen LogP contribution in [0.1, 0.15) is 29.3 Å². The van der Waals surface area contributed by atoms with Crippen molar-refractivity contribution in [3.05, 3.63) is 59.4 Å². The second-order valence-electron chi connectivity index (χ2n) is 6.72. The van der Waals surface area contributed by atoms with Crippen LogP contribution in [-0.4, -0.2) is 45.8 Å². The maximum atomic E-state index is 14.5. The van der Waals surface area contributed by atoms with E-state index in [0.717, 1.165) is 12.0 Å². The highest BCUT2D eigenvalue weighted by molar-refractivity contribution is 6.07. The van der Waals surface area contributed by atoms with Crippen molar-refractivity contribution < 1.29 is 23.4 Å². The molecule has 1 aliphatic rings. The van der Waals surface area contributed by atoms with Crippen molar-refractivity contribution in [1.29, 1.82) is 0 Å². The highest BCUT2D eigenvalue weighted by atomic mass is 19.1. The molecular weight excluding hydrogens is 373 g/mol. The highest BCUT2D eigenvalue weighted by Crippen LogP contribution is 2.29. The second kappa shape index (κ2) is 10.1. The molecule has 0 saturated carbocycles. The highest BCUT2D eigenvalue weighted by Gasteiger charge is 2.16. The molecule has 0 unspecified atom stereocenters. The van der Waals surface area contributed by atoms with E-state index in [9.17, 15) is 9.18 Å². The van der Waals surface area contributed by atoms with E-state index >= 15 is 0 Å². The lowest BCUT2D eigenvalue weighted by Gasteiger charge is -2.29. The number of ketones is 1. The number of allylic oxidation sites excluding steroid dienone is 1. The zero-order valence-corrected chi connectivity index (χ0v) is 16.8. The summed E-state index contributed by atoms with van der Waals surface area (Å²) in [6.45, 7) is 5.08. The molecule has 0 aliphatic carbocycles. The van der Waals surface area contributed by atoms with Gasteiger partial charge in [0.2, 0.25) is 0 Å². The lowest BCUT2D eigenvalue weighted by atomic mass is 10.1. The van der Waals surface area contributed by atoms with Crippen molar-refractivity contribution in [1.82, 2.24) is 0 Å². The molecule has 1 saturated heterocycles. The fraction of sp³-hybridized carbons (Fsp3) is 0.348. The summed E-state index contributed by atoms with van der Waals surface area (Å²) in [5.41, 5.74) is 1.61. The van der Waals surface area contributed by atoms with Crippen LogP contribution < -0.4 is 14.4 Å². The molecule has 0 spiro atoms. The van der Waals surface area contributed by atoms with Crippen molar-refractivity contribution in [2.24, 2.45) is 0 Å². The normalized spacial score (nSPS) is 14.2. The third-order valence-corrected chi connectivity index (χ3v) is 4.66. The Labute approximate surface area is 170 Å². The van der Waals surface area contributed by atoms with Crippen molar-refractivity contribution in [3.8, 4) is 11.5 Å². The zero-order valence-electron chi connectivity index (χ0n) is 16.8. The van der Waals surface area contributed by atoms with Crippen molar-refractivity contribution in [2.75, 3.05) is 44.9 Å². The molecule has 0 amide bonds. The molecule has 0 aromatic heterocycles. The van der Waals surface area contributed by atoms with Crippen LogP contribution in [0.3, 0.4) is 0 Å². The van der Waals surface area contributed by atoms with Gasteiger partial charge in [-0.3, -0.25) is 4.79 Å². The van der Waals surface area contributed by atoms with Crippen LogP contribution in [0.4, 0.5) is 10.1 Å². The maximum absolute atomic E-state index is 14.5. The number of hydrogen-bond acceptors (Lipinski definition) is 5. The third-order valence-electron chi connectivity index (χ3n) is 4.66. The first-order valence-electron chi connectivity index (χ1n) is 9.78. The molecule has 2 aromatic carbocycles. The summed E-state index contributed by atoms with van der Waals surface area (Å²) in [6, 6.07) is 10.1. The third kappa shape index (κ3) is 5.35. The van der Waals surface area contributed by atoms with Crippen LogP contribution in [0.15, 0.2) is 42.5 Å². The van der Waals surface area contributed by atoms with Gasteiger partial charge in [0.15, 0.2) is 17.3 Å². The number of anilines is 1. The first-order valence-corrected chi connectivity index (χ1v) is 9.78. The average molecular weight is 399 g/mol. The fourth-order valence-electron chi connectivity index (χ4n) is 3.11. The number of morpholine rings is 1. The SMILES string of the molecule is CCCOc1ccc(/C=C/C(=O)c2ccc(N3CCOCC3)c(F)c2)cc1OC. The van der Waals surface area contributed by atoms with Crippen LogP contribution in [0.25, 0.3) is 6.08 Å². The summed E-state index contributed by atoms with van der Waals surface area (Å²) >= 11 is 0. The van der Waals surface area contributed by atoms with Crippen LogP contribution in [0.2, 0.25) is 0 Å². The molecule has 1 aliphatic heterocycles. The van der Waals surface area contributed by atoms with E-state index in [1.54, 1.807) is 31.4 Å². The lowest BCUT2D eigenvalue weighted by Crippen LogP contribution is -2.36. The molecule has 0 atom stereocenters. The van der Waals surface area contributed by atoms with Gasteiger partial charge in [-0.25, -0.2) is 4.39 Å². The fourth-order valence-corrected chi connectivity index (χ4v) is 3.11. The first-order chi connectivity index (χ1) is 14.1. The van der Waals surface area contributed by atoms with Crippen LogP contribution in [-0.2, 0) is 4.74 Å². The number of methoxy groups -OCH3 is 1. The van der Waals surface area contributed by atoms with Crippen molar-refractivity contribution in [3.63, 3.8) is 0 Å². The molecule has 1 heterocycles. The minimum Gasteiger partial charge on any atom is -0.493 e. The van der Waals surface area contributed by atoms with E-state index in [1.165, 1.54) is 12.1 Å². The number of nitrogens with zero attached hydrogens (tertiary/aromatic N) is 1. The quantitative estimate of drug-likeness (QED) is 0.488. The molecule has 29 heavy (non-hydrogen) atoms. The molecule has 3 rings (SSSR count). The molecule has 1 fully saturated rings. The van der Waals surface area contributed by atoms with Gasteiger partial charge < -0.3 is 19.1 Å². The number of rotatable bonds is 8.